The highest BCUT2D eigenvalue weighted by Crippen LogP contribution is 2.25. The Hall–Kier alpha value is -1.42. The molecule has 0 spiro atoms. The SMILES string of the molecule is CCNCc1cn(C(F)F)c2ccccc12. The van der Waals surface area contributed by atoms with Gasteiger partial charge in [-0.05, 0) is 18.2 Å². The lowest BCUT2D eigenvalue weighted by Gasteiger charge is -2.01. The van der Waals surface area contributed by atoms with E-state index in [1.54, 1.807) is 12.1 Å². The maximum atomic E-state index is 12.8. The van der Waals surface area contributed by atoms with Crippen LogP contribution in [0.5, 0.6) is 0 Å². The predicted octanol–water partition coefficient (Wildman–Crippen LogP) is 3.15. The van der Waals surface area contributed by atoms with Gasteiger partial charge >= 0.3 is 6.55 Å². The number of alkyl halides is 2. The summed E-state index contributed by atoms with van der Waals surface area (Å²) < 4.78 is 26.6. The molecule has 2 rings (SSSR count). The summed E-state index contributed by atoms with van der Waals surface area (Å²) in [7, 11) is 0. The van der Waals surface area contributed by atoms with Crippen molar-refractivity contribution in [2.45, 2.75) is 20.0 Å². The lowest BCUT2D eigenvalue weighted by atomic mass is 10.2. The largest absolute Gasteiger partial charge is 0.319 e. The molecule has 0 amide bonds. The van der Waals surface area contributed by atoms with Crippen LogP contribution in [0.15, 0.2) is 30.5 Å². The summed E-state index contributed by atoms with van der Waals surface area (Å²) in [5.41, 5.74) is 1.50. The van der Waals surface area contributed by atoms with Crippen LogP contribution >= 0.6 is 0 Å². The van der Waals surface area contributed by atoms with Gasteiger partial charge < -0.3 is 5.32 Å². The van der Waals surface area contributed by atoms with Crippen molar-refractivity contribution >= 4 is 10.9 Å². The lowest BCUT2D eigenvalue weighted by molar-refractivity contribution is 0.0751. The fraction of sp³-hybridized carbons (Fsp3) is 0.333. The van der Waals surface area contributed by atoms with E-state index in [1.165, 1.54) is 6.20 Å². The van der Waals surface area contributed by atoms with E-state index >= 15 is 0 Å². The average molecular weight is 224 g/mol. The molecule has 86 valence electrons. The first kappa shape index (κ1) is 11.1. The van der Waals surface area contributed by atoms with Crippen molar-refractivity contribution in [3.8, 4) is 0 Å². The number of para-hydroxylation sites is 1. The van der Waals surface area contributed by atoms with Crippen molar-refractivity contribution in [3.05, 3.63) is 36.0 Å². The number of hydrogen-bond donors (Lipinski definition) is 1. The molecule has 0 fully saturated rings. The van der Waals surface area contributed by atoms with Crippen molar-refractivity contribution in [1.29, 1.82) is 0 Å². The summed E-state index contributed by atoms with van der Waals surface area (Å²) in [6, 6.07) is 7.24. The highest BCUT2D eigenvalue weighted by Gasteiger charge is 2.13. The highest BCUT2D eigenvalue weighted by molar-refractivity contribution is 5.84. The Balaban J connectivity index is 2.49. The van der Waals surface area contributed by atoms with Crippen LogP contribution < -0.4 is 5.32 Å². The molecule has 0 saturated carbocycles. The molecule has 0 atom stereocenters. The summed E-state index contributed by atoms with van der Waals surface area (Å²) in [6.45, 7) is 0.956. The fourth-order valence-corrected chi connectivity index (χ4v) is 1.84. The third kappa shape index (κ3) is 1.93. The third-order valence-corrected chi connectivity index (χ3v) is 2.60. The molecular weight excluding hydrogens is 210 g/mol. The predicted molar refractivity (Wildman–Crippen MR) is 60.6 cm³/mol. The van der Waals surface area contributed by atoms with Crippen molar-refractivity contribution in [3.63, 3.8) is 0 Å². The van der Waals surface area contributed by atoms with Crippen LogP contribution in [-0.2, 0) is 6.54 Å². The van der Waals surface area contributed by atoms with Crippen molar-refractivity contribution in [2.24, 2.45) is 0 Å². The molecule has 0 unspecified atom stereocenters. The summed E-state index contributed by atoms with van der Waals surface area (Å²) >= 11 is 0. The minimum Gasteiger partial charge on any atom is -0.313 e. The average Bonchev–Trinajstić information content (AvgIpc) is 2.65. The van der Waals surface area contributed by atoms with Gasteiger partial charge in [-0.2, -0.15) is 8.78 Å². The Morgan fingerprint density at radius 1 is 1.31 bits per heavy atom. The van der Waals surface area contributed by atoms with Gasteiger partial charge in [-0.25, -0.2) is 0 Å². The van der Waals surface area contributed by atoms with Crippen LogP contribution in [0, 0.1) is 0 Å². The van der Waals surface area contributed by atoms with Gasteiger partial charge in [0.05, 0.1) is 5.52 Å². The number of nitrogens with one attached hydrogen (secondary N) is 1. The smallest absolute Gasteiger partial charge is 0.313 e. The molecule has 1 aromatic carbocycles. The van der Waals surface area contributed by atoms with E-state index in [4.69, 9.17) is 0 Å². The zero-order chi connectivity index (χ0) is 11.5. The molecule has 0 radical (unpaired) electrons. The van der Waals surface area contributed by atoms with Crippen LogP contribution in [0.25, 0.3) is 10.9 Å². The normalized spacial score (nSPS) is 11.5. The van der Waals surface area contributed by atoms with Crippen LogP contribution in [-0.4, -0.2) is 11.1 Å². The summed E-state index contributed by atoms with van der Waals surface area (Å²) in [4.78, 5) is 0. The second-order valence-electron chi connectivity index (χ2n) is 3.64. The van der Waals surface area contributed by atoms with Crippen LogP contribution in [0.1, 0.15) is 19.0 Å². The standard InChI is InChI=1S/C12H14F2N2/c1-2-15-7-9-8-16(12(13)14)11-6-4-3-5-10(9)11/h3-6,8,12,15H,2,7H2,1H3. The summed E-state index contributed by atoms with van der Waals surface area (Å²) in [6.07, 6.45) is 1.53. The Labute approximate surface area is 92.9 Å². The van der Waals surface area contributed by atoms with E-state index in [0.717, 1.165) is 22.1 Å². The zero-order valence-corrected chi connectivity index (χ0v) is 9.08. The molecule has 0 aliphatic heterocycles. The number of aromatic nitrogens is 1. The number of halogens is 2. The second kappa shape index (κ2) is 4.61. The van der Waals surface area contributed by atoms with Crippen molar-refractivity contribution in [2.75, 3.05) is 6.54 Å². The summed E-state index contributed by atoms with van der Waals surface area (Å²) in [5, 5.41) is 4.04. The summed E-state index contributed by atoms with van der Waals surface area (Å²) in [5.74, 6) is 0. The van der Waals surface area contributed by atoms with E-state index in [0.29, 0.717) is 12.1 Å². The Morgan fingerprint density at radius 2 is 2.06 bits per heavy atom. The molecular formula is C12H14F2N2. The van der Waals surface area contributed by atoms with Gasteiger partial charge in [0.15, 0.2) is 0 Å². The zero-order valence-electron chi connectivity index (χ0n) is 9.08. The number of hydrogen-bond acceptors (Lipinski definition) is 1. The van der Waals surface area contributed by atoms with Gasteiger partial charge in [0, 0.05) is 18.1 Å². The molecule has 2 nitrogen and oxygen atoms in total. The quantitative estimate of drug-likeness (QED) is 0.844. The molecule has 1 aromatic heterocycles. The van der Waals surface area contributed by atoms with E-state index in [1.807, 2.05) is 19.1 Å². The van der Waals surface area contributed by atoms with Gasteiger partial charge in [-0.3, -0.25) is 4.57 Å². The second-order valence-corrected chi connectivity index (χ2v) is 3.64. The maximum absolute atomic E-state index is 12.8. The first-order valence-corrected chi connectivity index (χ1v) is 5.31. The first-order valence-electron chi connectivity index (χ1n) is 5.31. The van der Waals surface area contributed by atoms with Gasteiger partial charge in [0.25, 0.3) is 0 Å². The Morgan fingerprint density at radius 3 is 2.75 bits per heavy atom. The van der Waals surface area contributed by atoms with Gasteiger partial charge in [-0.1, -0.05) is 25.1 Å². The van der Waals surface area contributed by atoms with Crippen LogP contribution in [0.4, 0.5) is 8.78 Å². The minimum absolute atomic E-state index is 0.588. The molecule has 0 bridgehead atoms. The van der Waals surface area contributed by atoms with E-state index < -0.39 is 6.55 Å². The molecule has 4 heteroatoms. The lowest BCUT2D eigenvalue weighted by Crippen LogP contribution is -2.11. The highest BCUT2D eigenvalue weighted by atomic mass is 19.3. The molecule has 0 saturated heterocycles. The molecule has 0 aliphatic rings. The molecule has 0 aliphatic carbocycles. The third-order valence-electron chi connectivity index (χ3n) is 2.60. The van der Waals surface area contributed by atoms with Crippen LogP contribution in [0.2, 0.25) is 0 Å². The first-order chi connectivity index (χ1) is 7.74. The molecule has 16 heavy (non-hydrogen) atoms. The van der Waals surface area contributed by atoms with E-state index in [2.05, 4.69) is 5.32 Å². The molecule has 1 N–H and O–H groups in total. The monoisotopic (exact) mass is 224 g/mol. The van der Waals surface area contributed by atoms with Gasteiger partial charge in [0.1, 0.15) is 0 Å². The Bertz CT molecular complexity index is 477. The van der Waals surface area contributed by atoms with Crippen molar-refractivity contribution < 1.29 is 8.78 Å². The van der Waals surface area contributed by atoms with Crippen LogP contribution in [0.3, 0.4) is 0 Å². The molecule has 1 heterocycles. The molecule has 2 aromatic rings. The number of nitrogens with zero attached hydrogens (tertiary/aromatic N) is 1. The van der Waals surface area contributed by atoms with E-state index in [-0.39, 0.29) is 0 Å². The number of rotatable bonds is 4. The Kier molecular flexibility index (Phi) is 3.19. The number of benzene rings is 1. The minimum atomic E-state index is -2.49. The van der Waals surface area contributed by atoms with Gasteiger partial charge in [0.2, 0.25) is 0 Å². The number of fused-ring (bicyclic) bond motifs is 1. The maximum Gasteiger partial charge on any atom is 0.319 e. The topological polar surface area (TPSA) is 17.0 Å². The fourth-order valence-electron chi connectivity index (χ4n) is 1.84. The van der Waals surface area contributed by atoms with E-state index in [9.17, 15) is 8.78 Å². The van der Waals surface area contributed by atoms with Crippen molar-refractivity contribution in [1.82, 2.24) is 9.88 Å². The van der Waals surface area contributed by atoms with Gasteiger partial charge in [-0.15, -0.1) is 0 Å².